The second-order valence-corrected chi connectivity index (χ2v) is 8.95. The fourth-order valence-corrected chi connectivity index (χ4v) is 4.74. The van der Waals surface area contributed by atoms with E-state index in [1.165, 1.54) is 11.1 Å². The van der Waals surface area contributed by atoms with Crippen molar-refractivity contribution in [2.75, 3.05) is 20.2 Å². The largest absolute Gasteiger partial charge is 0.497 e. The van der Waals surface area contributed by atoms with Crippen LogP contribution in [0.4, 0.5) is 0 Å². The van der Waals surface area contributed by atoms with E-state index in [1.54, 1.807) is 12.1 Å². The van der Waals surface area contributed by atoms with Gasteiger partial charge in [0.1, 0.15) is 5.75 Å². The molecule has 3 aromatic carbocycles. The third kappa shape index (κ3) is 4.65. The van der Waals surface area contributed by atoms with Crippen LogP contribution in [0.2, 0.25) is 5.02 Å². The summed E-state index contributed by atoms with van der Waals surface area (Å²) in [4.78, 5) is 15.7. The summed E-state index contributed by atoms with van der Waals surface area (Å²) in [6, 6.07) is 23.8. The number of benzene rings is 3. The molecule has 1 amide bonds. The number of carbonyl (C=O) groups is 1. The van der Waals surface area contributed by atoms with E-state index in [-0.39, 0.29) is 11.9 Å². The van der Waals surface area contributed by atoms with Gasteiger partial charge in [-0.3, -0.25) is 9.69 Å². The number of hydrazone groups is 1. The van der Waals surface area contributed by atoms with Crippen LogP contribution in [0, 0.1) is 0 Å². The summed E-state index contributed by atoms with van der Waals surface area (Å²) < 4.78 is 5.39. The van der Waals surface area contributed by atoms with Crippen molar-refractivity contribution >= 4 is 23.2 Å². The first kappa shape index (κ1) is 21.7. The Balaban J connectivity index is 1.40. The molecule has 0 radical (unpaired) electrons. The summed E-state index contributed by atoms with van der Waals surface area (Å²) in [5, 5.41) is 7.15. The number of hydrogen-bond acceptors (Lipinski definition) is 4. The molecule has 0 saturated heterocycles. The van der Waals surface area contributed by atoms with Gasteiger partial charge in [-0.1, -0.05) is 60.1 Å². The van der Waals surface area contributed by atoms with Crippen molar-refractivity contribution < 1.29 is 9.53 Å². The Morgan fingerprint density at radius 3 is 2.64 bits per heavy atom. The lowest BCUT2D eigenvalue weighted by atomic mass is 9.98. The van der Waals surface area contributed by atoms with Crippen LogP contribution >= 0.6 is 11.6 Å². The van der Waals surface area contributed by atoms with Gasteiger partial charge in [-0.25, -0.2) is 5.01 Å². The Labute approximate surface area is 199 Å². The van der Waals surface area contributed by atoms with E-state index in [2.05, 4.69) is 29.2 Å². The van der Waals surface area contributed by atoms with Crippen LogP contribution in [0.5, 0.6) is 5.75 Å². The van der Waals surface area contributed by atoms with Gasteiger partial charge in [0, 0.05) is 30.1 Å². The zero-order chi connectivity index (χ0) is 22.8. The van der Waals surface area contributed by atoms with Gasteiger partial charge in [-0.2, -0.15) is 5.10 Å². The number of methoxy groups -OCH3 is 1. The maximum Gasteiger partial charge on any atom is 0.257 e. The van der Waals surface area contributed by atoms with Crippen molar-refractivity contribution in [2.24, 2.45) is 5.10 Å². The second kappa shape index (κ2) is 9.38. The van der Waals surface area contributed by atoms with E-state index >= 15 is 0 Å². The van der Waals surface area contributed by atoms with Gasteiger partial charge >= 0.3 is 0 Å². The van der Waals surface area contributed by atoms with Crippen LogP contribution in [0.3, 0.4) is 0 Å². The SMILES string of the molecule is COc1cccc(C2=NN(C(=O)CN3CCc4ccccc4C3)C(c3ccc(Cl)cc3)C2)c1. The molecule has 0 aliphatic carbocycles. The average Bonchev–Trinajstić information content (AvgIpc) is 3.30. The number of halogens is 1. The lowest BCUT2D eigenvalue weighted by molar-refractivity contribution is -0.134. The zero-order valence-electron chi connectivity index (χ0n) is 18.6. The number of fused-ring (bicyclic) bond motifs is 1. The molecule has 5 rings (SSSR count). The van der Waals surface area contributed by atoms with Gasteiger partial charge in [-0.05, 0) is 47.4 Å². The number of rotatable bonds is 5. The topological polar surface area (TPSA) is 45.1 Å². The first-order chi connectivity index (χ1) is 16.1. The molecular weight excluding hydrogens is 434 g/mol. The highest BCUT2D eigenvalue weighted by atomic mass is 35.5. The van der Waals surface area contributed by atoms with E-state index in [4.69, 9.17) is 21.4 Å². The van der Waals surface area contributed by atoms with Crippen LogP contribution in [0.25, 0.3) is 0 Å². The van der Waals surface area contributed by atoms with Gasteiger partial charge in [0.2, 0.25) is 0 Å². The minimum Gasteiger partial charge on any atom is -0.497 e. The fraction of sp³-hybridized carbons (Fsp3) is 0.259. The van der Waals surface area contributed by atoms with E-state index in [9.17, 15) is 4.79 Å². The molecule has 0 aromatic heterocycles. The molecule has 1 atom stereocenters. The first-order valence-electron chi connectivity index (χ1n) is 11.2. The lowest BCUT2D eigenvalue weighted by Crippen LogP contribution is -2.40. The van der Waals surface area contributed by atoms with E-state index in [0.717, 1.165) is 42.1 Å². The molecule has 6 heteroatoms. The maximum atomic E-state index is 13.5. The smallest absolute Gasteiger partial charge is 0.257 e. The van der Waals surface area contributed by atoms with Crippen molar-refractivity contribution in [2.45, 2.75) is 25.4 Å². The van der Waals surface area contributed by atoms with Gasteiger partial charge < -0.3 is 4.74 Å². The number of hydrogen-bond donors (Lipinski definition) is 0. The van der Waals surface area contributed by atoms with Crippen molar-refractivity contribution in [1.29, 1.82) is 0 Å². The van der Waals surface area contributed by atoms with Crippen molar-refractivity contribution in [3.63, 3.8) is 0 Å². The summed E-state index contributed by atoms with van der Waals surface area (Å²) in [6.45, 7) is 2.00. The molecule has 0 spiro atoms. The maximum absolute atomic E-state index is 13.5. The highest BCUT2D eigenvalue weighted by molar-refractivity contribution is 6.30. The molecule has 5 nitrogen and oxygen atoms in total. The summed E-state index contributed by atoms with van der Waals surface area (Å²) in [5.74, 6) is 0.780. The van der Waals surface area contributed by atoms with E-state index in [1.807, 2.05) is 48.5 Å². The van der Waals surface area contributed by atoms with Gasteiger partial charge in [0.15, 0.2) is 0 Å². The molecule has 0 N–H and O–H groups in total. The molecule has 2 aliphatic rings. The van der Waals surface area contributed by atoms with E-state index < -0.39 is 0 Å². The van der Waals surface area contributed by atoms with E-state index in [0.29, 0.717) is 18.0 Å². The van der Waals surface area contributed by atoms with Crippen LogP contribution in [-0.2, 0) is 17.8 Å². The van der Waals surface area contributed by atoms with Crippen molar-refractivity contribution in [3.8, 4) is 5.75 Å². The zero-order valence-corrected chi connectivity index (χ0v) is 19.3. The molecule has 3 aromatic rings. The normalized spacial score (nSPS) is 18.1. The Morgan fingerprint density at radius 2 is 1.85 bits per heavy atom. The van der Waals surface area contributed by atoms with Crippen molar-refractivity contribution in [1.82, 2.24) is 9.91 Å². The Kier molecular flexibility index (Phi) is 6.16. The summed E-state index contributed by atoms with van der Waals surface area (Å²) in [5.41, 5.74) is 5.55. The highest BCUT2D eigenvalue weighted by Crippen LogP contribution is 2.34. The number of ether oxygens (including phenoxy) is 1. The molecule has 1 unspecified atom stereocenters. The molecule has 168 valence electrons. The minimum absolute atomic E-state index is 0.00669. The Bertz CT molecular complexity index is 1190. The molecule has 0 bridgehead atoms. The first-order valence-corrected chi connectivity index (χ1v) is 11.6. The second-order valence-electron chi connectivity index (χ2n) is 8.52. The summed E-state index contributed by atoms with van der Waals surface area (Å²) in [6.07, 6.45) is 1.60. The lowest BCUT2D eigenvalue weighted by Gasteiger charge is -2.30. The fourth-order valence-electron chi connectivity index (χ4n) is 4.61. The van der Waals surface area contributed by atoms with Crippen LogP contribution in [0.1, 0.15) is 34.7 Å². The molecule has 33 heavy (non-hydrogen) atoms. The van der Waals surface area contributed by atoms with Crippen LogP contribution in [-0.4, -0.2) is 41.7 Å². The minimum atomic E-state index is -0.159. The Hall–Kier alpha value is -3.15. The van der Waals surface area contributed by atoms with Crippen molar-refractivity contribution in [3.05, 3.63) is 100 Å². The summed E-state index contributed by atoms with van der Waals surface area (Å²) in [7, 11) is 1.65. The third-order valence-electron chi connectivity index (χ3n) is 6.39. The average molecular weight is 460 g/mol. The summed E-state index contributed by atoms with van der Waals surface area (Å²) >= 11 is 6.12. The van der Waals surface area contributed by atoms with Gasteiger partial charge in [0.05, 0.1) is 25.4 Å². The molecule has 0 saturated carbocycles. The number of carbonyl (C=O) groups excluding carboxylic acids is 1. The Morgan fingerprint density at radius 1 is 1.06 bits per heavy atom. The molecule has 2 aliphatic heterocycles. The van der Waals surface area contributed by atoms with Gasteiger partial charge in [0.25, 0.3) is 5.91 Å². The highest BCUT2D eigenvalue weighted by Gasteiger charge is 2.34. The monoisotopic (exact) mass is 459 g/mol. The standard InChI is InChI=1S/C27H26ClN3O2/c1-33-24-8-4-7-21(15-24)25-16-26(20-9-11-23(28)12-10-20)31(29-25)27(32)18-30-14-13-19-5-2-3-6-22(19)17-30/h2-12,15,26H,13-14,16-18H2,1H3. The van der Waals surface area contributed by atoms with Crippen LogP contribution in [0.15, 0.2) is 77.9 Å². The predicted molar refractivity (Wildman–Crippen MR) is 131 cm³/mol. The van der Waals surface area contributed by atoms with Crippen LogP contribution < -0.4 is 4.74 Å². The van der Waals surface area contributed by atoms with Gasteiger partial charge in [-0.15, -0.1) is 0 Å². The molecule has 0 fully saturated rings. The predicted octanol–water partition coefficient (Wildman–Crippen LogP) is 5.08. The third-order valence-corrected chi connectivity index (χ3v) is 6.64. The quantitative estimate of drug-likeness (QED) is 0.534. The number of amides is 1. The molecular formula is C27H26ClN3O2. The molecule has 2 heterocycles. The number of nitrogens with zero attached hydrogens (tertiary/aromatic N) is 3.